The van der Waals surface area contributed by atoms with Crippen molar-refractivity contribution in [3.63, 3.8) is 0 Å². The minimum atomic E-state index is -3.74. The molecule has 0 unspecified atom stereocenters. The van der Waals surface area contributed by atoms with E-state index in [2.05, 4.69) is 14.7 Å². The number of carboxylic acids is 1. The summed E-state index contributed by atoms with van der Waals surface area (Å²) in [6.07, 6.45) is 1.82. The molecule has 0 aliphatic rings. The molecule has 18 heavy (non-hydrogen) atoms. The lowest BCUT2D eigenvalue weighted by Crippen LogP contribution is -2.32. The second-order valence-corrected chi connectivity index (χ2v) is 5.46. The van der Waals surface area contributed by atoms with E-state index in [4.69, 9.17) is 5.11 Å². The molecule has 9 heteroatoms. The molecule has 1 rings (SSSR count). The largest absolute Gasteiger partial charge is 0.476 e. The van der Waals surface area contributed by atoms with Crippen molar-refractivity contribution < 1.29 is 18.3 Å². The number of nitrogens with one attached hydrogen (secondary N) is 1. The average molecular weight is 274 g/mol. The Hall–Kier alpha value is -1.58. The summed E-state index contributed by atoms with van der Waals surface area (Å²) >= 11 is 0. The number of hydrogen-bond acceptors (Lipinski definition) is 6. The first-order chi connectivity index (χ1) is 8.33. The summed E-state index contributed by atoms with van der Waals surface area (Å²) in [5.74, 6) is -1.26. The lowest BCUT2D eigenvalue weighted by Gasteiger charge is -2.10. The summed E-state index contributed by atoms with van der Waals surface area (Å²) < 4.78 is 25.8. The van der Waals surface area contributed by atoms with Crippen LogP contribution in [0.4, 0.5) is 0 Å². The molecule has 1 aromatic rings. The molecule has 1 aromatic heterocycles. The van der Waals surface area contributed by atoms with Gasteiger partial charge < -0.3 is 10.0 Å². The monoisotopic (exact) mass is 274 g/mol. The molecule has 0 spiro atoms. The molecule has 0 aliphatic carbocycles. The number of likely N-dealkylation sites (N-methyl/N-ethyl adjacent to an activating group) is 1. The van der Waals surface area contributed by atoms with Crippen molar-refractivity contribution in [1.82, 2.24) is 19.6 Å². The minimum absolute atomic E-state index is 0.234. The molecule has 100 valence electrons. The number of sulfonamides is 1. The first kappa shape index (κ1) is 14.5. The van der Waals surface area contributed by atoms with Crippen LogP contribution in [0.3, 0.4) is 0 Å². The molecule has 0 fully saturated rings. The first-order valence-corrected chi connectivity index (χ1v) is 6.51. The average Bonchev–Trinajstić information content (AvgIpc) is 2.28. The second-order valence-electron chi connectivity index (χ2n) is 3.75. The van der Waals surface area contributed by atoms with E-state index in [0.29, 0.717) is 6.54 Å². The summed E-state index contributed by atoms with van der Waals surface area (Å²) in [4.78, 5) is 19.4. The van der Waals surface area contributed by atoms with Gasteiger partial charge in [-0.3, -0.25) is 0 Å². The fraction of sp³-hybridized carbons (Fsp3) is 0.444. The molecule has 0 aromatic carbocycles. The lowest BCUT2D eigenvalue weighted by molar-refractivity contribution is 0.0689. The highest BCUT2D eigenvalue weighted by Gasteiger charge is 2.16. The van der Waals surface area contributed by atoms with Gasteiger partial charge in [-0.2, -0.15) is 0 Å². The van der Waals surface area contributed by atoms with E-state index in [0.717, 1.165) is 12.4 Å². The SMILES string of the molecule is CN(C)CCNS(=O)(=O)c1cnc(C(=O)O)cn1. The molecule has 8 nitrogen and oxygen atoms in total. The minimum Gasteiger partial charge on any atom is -0.476 e. The maximum Gasteiger partial charge on any atom is 0.356 e. The number of carboxylic acid groups (broad SMARTS) is 1. The molecule has 0 amide bonds. The van der Waals surface area contributed by atoms with Gasteiger partial charge in [-0.25, -0.2) is 27.9 Å². The third-order valence-corrected chi connectivity index (χ3v) is 3.32. The van der Waals surface area contributed by atoms with E-state index in [-0.39, 0.29) is 17.3 Å². The summed E-state index contributed by atoms with van der Waals surface area (Å²) in [6, 6.07) is 0. The Morgan fingerprint density at radius 2 is 2.06 bits per heavy atom. The Morgan fingerprint density at radius 1 is 1.39 bits per heavy atom. The molecule has 1 heterocycles. The number of nitrogens with zero attached hydrogens (tertiary/aromatic N) is 3. The molecular weight excluding hydrogens is 260 g/mol. The van der Waals surface area contributed by atoms with Gasteiger partial charge in [0.05, 0.1) is 12.4 Å². The molecule has 0 saturated carbocycles. The van der Waals surface area contributed by atoms with Crippen molar-refractivity contribution >= 4 is 16.0 Å². The van der Waals surface area contributed by atoms with Crippen LogP contribution in [0, 0.1) is 0 Å². The Balaban J connectivity index is 2.76. The van der Waals surface area contributed by atoms with E-state index in [1.165, 1.54) is 0 Å². The van der Waals surface area contributed by atoms with Crippen molar-refractivity contribution in [3.8, 4) is 0 Å². The maximum absolute atomic E-state index is 11.7. The van der Waals surface area contributed by atoms with Gasteiger partial charge in [-0.15, -0.1) is 0 Å². The van der Waals surface area contributed by atoms with Crippen LogP contribution in [-0.4, -0.2) is 61.5 Å². The Kier molecular flexibility index (Phi) is 4.70. The summed E-state index contributed by atoms with van der Waals surface area (Å²) in [5, 5.41) is 8.31. The van der Waals surface area contributed by atoms with Crippen LogP contribution in [0.2, 0.25) is 0 Å². The van der Waals surface area contributed by atoms with Gasteiger partial charge in [0.1, 0.15) is 0 Å². The third-order valence-electron chi connectivity index (χ3n) is 1.97. The molecule has 0 atom stereocenters. The van der Waals surface area contributed by atoms with Crippen molar-refractivity contribution in [2.75, 3.05) is 27.2 Å². The van der Waals surface area contributed by atoms with E-state index in [1.54, 1.807) is 0 Å². The number of hydrogen-bond donors (Lipinski definition) is 2. The maximum atomic E-state index is 11.7. The van der Waals surface area contributed by atoms with Gasteiger partial charge in [-0.05, 0) is 14.1 Å². The zero-order valence-electron chi connectivity index (χ0n) is 9.99. The topological polar surface area (TPSA) is 112 Å². The number of aromatic carboxylic acids is 1. The molecular formula is C9H14N4O4S. The Labute approximate surface area is 105 Å². The third kappa shape index (κ3) is 4.02. The van der Waals surface area contributed by atoms with Crippen LogP contribution < -0.4 is 4.72 Å². The molecule has 0 radical (unpaired) electrons. The van der Waals surface area contributed by atoms with Crippen LogP contribution in [0.15, 0.2) is 17.4 Å². The van der Waals surface area contributed by atoms with Gasteiger partial charge in [0.2, 0.25) is 0 Å². The highest BCUT2D eigenvalue weighted by atomic mass is 32.2. The van der Waals surface area contributed by atoms with Crippen molar-refractivity contribution in [2.24, 2.45) is 0 Å². The number of carbonyl (C=O) groups is 1. The Morgan fingerprint density at radius 3 is 2.50 bits per heavy atom. The predicted molar refractivity (Wildman–Crippen MR) is 62.7 cm³/mol. The highest BCUT2D eigenvalue weighted by Crippen LogP contribution is 2.03. The van der Waals surface area contributed by atoms with Crippen molar-refractivity contribution in [2.45, 2.75) is 5.03 Å². The number of rotatable bonds is 6. The standard InChI is InChI=1S/C9H14N4O4S/c1-13(2)4-3-12-18(16,17)8-6-10-7(5-11-8)9(14)15/h5-6,12H,3-4H2,1-2H3,(H,14,15). The molecule has 0 saturated heterocycles. The lowest BCUT2D eigenvalue weighted by atomic mass is 10.5. The summed E-state index contributed by atoms with van der Waals surface area (Å²) in [6.45, 7) is 0.775. The van der Waals surface area contributed by atoms with Crippen LogP contribution in [0.1, 0.15) is 10.5 Å². The predicted octanol–water partition coefficient (Wildman–Crippen LogP) is -0.985. The van der Waals surface area contributed by atoms with E-state index in [1.807, 2.05) is 19.0 Å². The van der Waals surface area contributed by atoms with Crippen LogP contribution in [0.25, 0.3) is 0 Å². The first-order valence-electron chi connectivity index (χ1n) is 5.02. The normalized spacial score (nSPS) is 11.7. The van der Waals surface area contributed by atoms with Crippen LogP contribution in [0.5, 0.6) is 0 Å². The molecule has 0 bridgehead atoms. The van der Waals surface area contributed by atoms with E-state index >= 15 is 0 Å². The van der Waals surface area contributed by atoms with Crippen molar-refractivity contribution in [1.29, 1.82) is 0 Å². The van der Waals surface area contributed by atoms with Gasteiger partial charge in [0.15, 0.2) is 10.7 Å². The number of aromatic nitrogens is 2. The fourth-order valence-corrected chi connectivity index (χ4v) is 1.93. The zero-order valence-corrected chi connectivity index (χ0v) is 10.8. The van der Waals surface area contributed by atoms with Crippen LogP contribution in [-0.2, 0) is 10.0 Å². The highest BCUT2D eigenvalue weighted by molar-refractivity contribution is 7.89. The van der Waals surface area contributed by atoms with E-state index < -0.39 is 16.0 Å². The van der Waals surface area contributed by atoms with Gasteiger partial charge in [0, 0.05) is 13.1 Å². The van der Waals surface area contributed by atoms with Gasteiger partial charge in [-0.1, -0.05) is 0 Å². The fourth-order valence-electron chi connectivity index (χ4n) is 1.04. The van der Waals surface area contributed by atoms with Crippen molar-refractivity contribution in [3.05, 3.63) is 18.1 Å². The second kappa shape index (κ2) is 5.85. The van der Waals surface area contributed by atoms with Gasteiger partial charge in [0.25, 0.3) is 10.0 Å². The summed E-state index contributed by atoms with van der Waals surface area (Å²) in [7, 11) is -0.111. The smallest absolute Gasteiger partial charge is 0.356 e. The van der Waals surface area contributed by atoms with Gasteiger partial charge >= 0.3 is 5.97 Å². The molecule has 2 N–H and O–H groups in total. The quantitative estimate of drug-likeness (QED) is 0.685. The molecule has 0 aliphatic heterocycles. The summed E-state index contributed by atoms with van der Waals surface area (Å²) in [5.41, 5.74) is -0.303. The Bertz CT molecular complexity index is 512. The van der Waals surface area contributed by atoms with Crippen LogP contribution >= 0.6 is 0 Å². The zero-order chi connectivity index (χ0) is 13.8. The van der Waals surface area contributed by atoms with E-state index in [9.17, 15) is 13.2 Å².